The molecule has 3 heteroatoms. The zero-order chi connectivity index (χ0) is 13.3. The normalized spacial score (nSPS) is 14.7. The second-order valence-electron chi connectivity index (χ2n) is 5.42. The smallest absolute Gasteiger partial charge is 0.236 e. The number of rotatable bonds is 9. The summed E-state index contributed by atoms with van der Waals surface area (Å²) in [4.78, 5) is 11.7. The minimum atomic E-state index is -0.0922. The van der Waals surface area contributed by atoms with E-state index in [-0.39, 0.29) is 11.9 Å². The van der Waals surface area contributed by atoms with Crippen LogP contribution in [-0.4, -0.2) is 24.5 Å². The number of hydrogen-bond acceptors (Lipinski definition) is 2. The predicted molar refractivity (Wildman–Crippen MR) is 74.0 cm³/mol. The Kier molecular flexibility index (Phi) is 9.14. The molecule has 0 radical (unpaired) electrons. The highest BCUT2D eigenvalue weighted by molar-refractivity contribution is 5.81. The van der Waals surface area contributed by atoms with Gasteiger partial charge in [-0.2, -0.15) is 0 Å². The van der Waals surface area contributed by atoms with Crippen LogP contribution in [0.25, 0.3) is 0 Å². The van der Waals surface area contributed by atoms with Gasteiger partial charge in [0.15, 0.2) is 0 Å². The third kappa shape index (κ3) is 9.16. The van der Waals surface area contributed by atoms with Gasteiger partial charge in [-0.25, -0.2) is 0 Å². The maximum absolute atomic E-state index is 11.7. The average molecular weight is 242 g/mol. The molecule has 0 heterocycles. The van der Waals surface area contributed by atoms with Crippen LogP contribution in [0.15, 0.2) is 0 Å². The number of carbonyl (C=O) groups is 1. The zero-order valence-electron chi connectivity index (χ0n) is 12.2. The molecule has 0 aliphatic heterocycles. The monoisotopic (exact) mass is 242 g/mol. The van der Waals surface area contributed by atoms with E-state index in [4.69, 9.17) is 0 Å². The Morgan fingerprint density at radius 3 is 2.29 bits per heavy atom. The zero-order valence-corrected chi connectivity index (χ0v) is 12.2. The molecule has 0 aromatic carbocycles. The van der Waals surface area contributed by atoms with Crippen molar-refractivity contribution >= 4 is 5.91 Å². The molecular formula is C14H30N2O. The molecule has 0 spiro atoms. The molecule has 0 bridgehead atoms. The van der Waals surface area contributed by atoms with Gasteiger partial charge in [0, 0.05) is 12.6 Å². The first kappa shape index (κ1) is 16.4. The second-order valence-corrected chi connectivity index (χ2v) is 5.42. The molecule has 2 N–H and O–H groups in total. The molecular weight excluding hydrogens is 212 g/mol. The van der Waals surface area contributed by atoms with Crippen molar-refractivity contribution < 1.29 is 4.79 Å². The van der Waals surface area contributed by atoms with Gasteiger partial charge in [0.25, 0.3) is 0 Å². The van der Waals surface area contributed by atoms with Crippen LogP contribution in [0.2, 0.25) is 0 Å². The summed E-state index contributed by atoms with van der Waals surface area (Å²) in [5.74, 6) is 0.620. The van der Waals surface area contributed by atoms with E-state index in [1.54, 1.807) is 0 Å². The minimum Gasteiger partial charge on any atom is -0.354 e. The number of amides is 1. The van der Waals surface area contributed by atoms with E-state index >= 15 is 0 Å². The van der Waals surface area contributed by atoms with Gasteiger partial charge in [0.2, 0.25) is 5.91 Å². The average Bonchev–Trinajstić information content (AvgIpc) is 2.26. The van der Waals surface area contributed by atoms with Crippen molar-refractivity contribution in [2.75, 3.05) is 6.54 Å². The Hall–Kier alpha value is -0.570. The Balaban J connectivity index is 3.74. The van der Waals surface area contributed by atoms with Crippen LogP contribution in [0.3, 0.4) is 0 Å². The summed E-state index contributed by atoms with van der Waals surface area (Å²) in [5.41, 5.74) is 0. The highest BCUT2D eigenvalue weighted by Gasteiger charge is 2.14. The number of carbonyl (C=O) groups excluding carboxylic acids is 1. The molecule has 2 unspecified atom stereocenters. The maximum atomic E-state index is 11.7. The van der Waals surface area contributed by atoms with Gasteiger partial charge in [-0.3, -0.25) is 4.79 Å². The molecule has 0 aliphatic rings. The van der Waals surface area contributed by atoms with Crippen molar-refractivity contribution in [3.8, 4) is 0 Å². The van der Waals surface area contributed by atoms with Crippen molar-refractivity contribution in [3.63, 3.8) is 0 Å². The van der Waals surface area contributed by atoms with Crippen molar-refractivity contribution in [1.82, 2.24) is 10.6 Å². The van der Waals surface area contributed by atoms with Crippen LogP contribution in [0, 0.1) is 5.92 Å². The van der Waals surface area contributed by atoms with Gasteiger partial charge in [0.1, 0.15) is 0 Å². The van der Waals surface area contributed by atoms with Gasteiger partial charge >= 0.3 is 0 Å². The minimum absolute atomic E-state index is 0.0922. The topological polar surface area (TPSA) is 41.1 Å². The maximum Gasteiger partial charge on any atom is 0.236 e. The van der Waals surface area contributed by atoms with E-state index in [1.165, 1.54) is 19.3 Å². The van der Waals surface area contributed by atoms with Crippen LogP contribution in [0.4, 0.5) is 0 Å². The molecule has 17 heavy (non-hydrogen) atoms. The third-order valence-corrected chi connectivity index (χ3v) is 2.85. The Morgan fingerprint density at radius 2 is 1.76 bits per heavy atom. The molecule has 102 valence electrons. The molecule has 0 aromatic heterocycles. The van der Waals surface area contributed by atoms with E-state index in [2.05, 4.69) is 38.3 Å². The fraction of sp³-hybridized carbons (Fsp3) is 0.929. The lowest BCUT2D eigenvalue weighted by Crippen LogP contribution is -2.46. The highest BCUT2D eigenvalue weighted by atomic mass is 16.2. The SMILES string of the molecule is CCCCCC(C)NC(C)C(=O)NCC(C)C. The molecule has 0 saturated heterocycles. The molecule has 0 aromatic rings. The summed E-state index contributed by atoms with van der Waals surface area (Å²) in [6.07, 6.45) is 4.91. The Morgan fingerprint density at radius 1 is 1.12 bits per heavy atom. The summed E-state index contributed by atoms with van der Waals surface area (Å²) in [6, 6.07) is 0.326. The summed E-state index contributed by atoms with van der Waals surface area (Å²) in [6.45, 7) is 11.3. The standard InChI is InChI=1S/C14H30N2O/c1-6-7-8-9-12(4)16-13(5)14(17)15-10-11(2)3/h11-13,16H,6-10H2,1-5H3,(H,15,17). The Bertz CT molecular complexity index is 204. The van der Waals surface area contributed by atoms with Gasteiger partial charge in [-0.05, 0) is 26.2 Å². The van der Waals surface area contributed by atoms with E-state index in [1.807, 2.05) is 6.92 Å². The summed E-state index contributed by atoms with van der Waals surface area (Å²) in [7, 11) is 0. The molecule has 3 nitrogen and oxygen atoms in total. The largest absolute Gasteiger partial charge is 0.354 e. The van der Waals surface area contributed by atoms with Gasteiger partial charge in [-0.15, -0.1) is 0 Å². The fourth-order valence-electron chi connectivity index (χ4n) is 1.74. The van der Waals surface area contributed by atoms with E-state index in [0.29, 0.717) is 12.0 Å². The predicted octanol–water partition coefficient (Wildman–Crippen LogP) is 2.71. The molecule has 0 rings (SSSR count). The van der Waals surface area contributed by atoms with Crippen LogP contribution in [0.5, 0.6) is 0 Å². The quantitative estimate of drug-likeness (QED) is 0.610. The second kappa shape index (κ2) is 9.46. The summed E-state index contributed by atoms with van der Waals surface area (Å²) < 4.78 is 0. The number of nitrogens with one attached hydrogen (secondary N) is 2. The van der Waals surface area contributed by atoms with Crippen molar-refractivity contribution in [3.05, 3.63) is 0 Å². The molecule has 0 saturated carbocycles. The van der Waals surface area contributed by atoms with Crippen LogP contribution in [-0.2, 0) is 4.79 Å². The van der Waals surface area contributed by atoms with Gasteiger partial charge in [-0.1, -0.05) is 40.0 Å². The summed E-state index contributed by atoms with van der Waals surface area (Å²) >= 11 is 0. The lowest BCUT2D eigenvalue weighted by molar-refractivity contribution is -0.123. The van der Waals surface area contributed by atoms with E-state index in [0.717, 1.165) is 13.0 Å². The first-order valence-corrected chi connectivity index (χ1v) is 7.01. The molecule has 0 aliphatic carbocycles. The van der Waals surface area contributed by atoms with Crippen molar-refractivity contribution in [1.29, 1.82) is 0 Å². The lowest BCUT2D eigenvalue weighted by atomic mass is 10.1. The first-order chi connectivity index (χ1) is 7.97. The third-order valence-electron chi connectivity index (χ3n) is 2.85. The van der Waals surface area contributed by atoms with E-state index in [9.17, 15) is 4.79 Å². The van der Waals surface area contributed by atoms with Crippen molar-refractivity contribution in [2.45, 2.75) is 72.4 Å². The summed E-state index contributed by atoms with van der Waals surface area (Å²) in [5, 5.41) is 6.30. The van der Waals surface area contributed by atoms with Crippen LogP contribution >= 0.6 is 0 Å². The van der Waals surface area contributed by atoms with Crippen LogP contribution in [0.1, 0.15) is 60.3 Å². The molecule has 2 atom stereocenters. The number of unbranched alkanes of at least 4 members (excludes halogenated alkanes) is 2. The highest BCUT2D eigenvalue weighted by Crippen LogP contribution is 2.03. The van der Waals surface area contributed by atoms with E-state index < -0.39 is 0 Å². The van der Waals surface area contributed by atoms with Gasteiger partial charge < -0.3 is 10.6 Å². The van der Waals surface area contributed by atoms with Crippen molar-refractivity contribution in [2.24, 2.45) is 5.92 Å². The number of hydrogen-bond donors (Lipinski definition) is 2. The molecule has 0 fully saturated rings. The van der Waals surface area contributed by atoms with Crippen LogP contribution < -0.4 is 10.6 Å². The Labute approximate surface area is 107 Å². The first-order valence-electron chi connectivity index (χ1n) is 7.01. The van der Waals surface area contributed by atoms with Gasteiger partial charge in [0.05, 0.1) is 6.04 Å². The lowest BCUT2D eigenvalue weighted by Gasteiger charge is -2.20. The molecule has 1 amide bonds. The fourth-order valence-corrected chi connectivity index (χ4v) is 1.74.